The summed E-state index contributed by atoms with van der Waals surface area (Å²) in [6, 6.07) is 11.3. The van der Waals surface area contributed by atoms with Gasteiger partial charge in [0.15, 0.2) is 11.5 Å². The summed E-state index contributed by atoms with van der Waals surface area (Å²) < 4.78 is 38.1. The zero-order valence-corrected chi connectivity index (χ0v) is 13.9. The Morgan fingerprint density at radius 1 is 1.00 bits per heavy atom. The molecule has 0 bridgehead atoms. The van der Waals surface area contributed by atoms with Gasteiger partial charge in [-0.1, -0.05) is 22.0 Å². The van der Waals surface area contributed by atoms with E-state index in [1.54, 1.807) is 30.3 Å². The Balaban J connectivity index is 2.33. The van der Waals surface area contributed by atoms with Gasteiger partial charge in [0.25, 0.3) is 10.0 Å². The second kappa shape index (κ2) is 6.36. The highest BCUT2D eigenvalue weighted by Gasteiger charge is 2.15. The predicted octanol–water partition coefficient (Wildman–Crippen LogP) is 3.27. The van der Waals surface area contributed by atoms with Gasteiger partial charge in [0.05, 0.1) is 24.8 Å². The van der Waals surface area contributed by atoms with E-state index < -0.39 is 10.0 Å². The zero-order chi connectivity index (χ0) is 15.5. The zero-order valence-electron chi connectivity index (χ0n) is 11.5. The molecule has 0 aliphatic rings. The van der Waals surface area contributed by atoms with E-state index in [0.29, 0.717) is 21.7 Å². The summed E-state index contributed by atoms with van der Waals surface area (Å²) in [4.78, 5) is 0.173. The average molecular weight is 372 g/mol. The van der Waals surface area contributed by atoms with Crippen LogP contribution in [-0.4, -0.2) is 22.6 Å². The third-order valence-corrected chi connectivity index (χ3v) is 4.61. The van der Waals surface area contributed by atoms with Crippen LogP contribution in [0.5, 0.6) is 11.5 Å². The van der Waals surface area contributed by atoms with Crippen LogP contribution in [0.4, 0.5) is 5.69 Å². The van der Waals surface area contributed by atoms with Crippen molar-refractivity contribution < 1.29 is 17.9 Å². The molecule has 1 N–H and O–H groups in total. The lowest BCUT2D eigenvalue weighted by Gasteiger charge is -2.12. The number of nitrogens with one attached hydrogen (secondary N) is 1. The molecule has 2 aromatic rings. The Bertz CT molecular complexity index is 746. The van der Waals surface area contributed by atoms with E-state index in [4.69, 9.17) is 9.47 Å². The van der Waals surface area contributed by atoms with Crippen LogP contribution in [0.15, 0.2) is 51.8 Å². The van der Waals surface area contributed by atoms with E-state index in [1.165, 1.54) is 26.4 Å². The van der Waals surface area contributed by atoms with Gasteiger partial charge in [-0.3, -0.25) is 4.72 Å². The van der Waals surface area contributed by atoms with Gasteiger partial charge in [0.2, 0.25) is 0 Å². The fourth-order valence-corrected chi connectivity index (χ4v) is 3.39. The SMILES string of the molecule is COc1ccc(NS(=O)(=O)c2cccc(Br)c2)cc1OC. The van der Waals surface area contributed by atoms with Gasteiger partial charge in [0, 0.05) is 10.5 Å². The molecule has 0 saturated heterocycles. The van der Waals surface area contributed by atoms with E-state index in [9.17, 15) is 8.42 Å². The van der Waals surface area contributed by atoms with Crippen molar-refractivity contribution in [1.29, 1.82) is 0 Å². The maximum Gasteiger partial charge on any atom is 0.261 e. The summed E-state index contributed by atoms with van der Waals surface area (Å²) in [5, 5.41) is 0. The number of anilines is 1. The Hall–Kier alpha value is -1.73. The van der Waals surface area contributed by atoms with Crippen molar-refractivity contribution in [2.75, 3.05) is 18.9 Å². The molecule has 21 heavy (non-hydrogen) atoms. The number of ether oxygens (including phenoxy) is 2. The number of hydrogen-bond acceptors (Lipinski definition) is 4. The first-order valence-electron chi connectivity index (χ1n) is 5.96. The van der Waals surface area contributed by atoms with Crippen LogP contribution in [0.25, 0.3) is 0 Å². The normalized spacial score (nSPS) is 11.0. The first-order valence-corrected chi connectivity index (χ1v) is 8.24. The monoisotopic (exact) mass is 371 g/mol. The molecule has 0 saturated carbocycles. The van der Waals surface area contributed by atoms with Crippen LogP contribution in [0.1, 0.15) is 0 Å². The lowest BCUT2D eigenvalue weighted by atomic mass is 10.3. The Labute approximate surface area is 132 Å². The van der Waals surface area contributed by atoms with Crippen molar-refractivity contribution in [2.45, 2.75) is 4.90 Å². The molecule has 5 nitrogen and oxygen atoms in total. The quantitative estimate of drug-likeness (QED) is 0.875. The maximum atomic E-state index is 12.3. The Morgan fingerprint density at radius 3 is 2.33 bits per heavy atom. The first kappa shape index (κ1) is 15.7. The van der Waals surface area contributed by atoms with Crippen molar-refractivity contribution in [3.05, 3.63) is 46.9 Å². The maximum absolute atomic E-state index is 12.3. The minimum Gasteiger partial charge on any atom is -0.493 e. The average Bonchev–Trinajstić information content (AvgIpc) is 2.46. The minimum absolute atomic E-state index is 0.173. The van der Waals surface area contributed by atoms with Crippen LogP contribution in [-0.2, 0) is 10.0 Å². The fourth-order valence-electron chi connectivity index (χ4n) is 1.75. The van der Waals surface area contributed by atoms with Crippen molar-refractivity contribution >= 4 is 31.6 Å². The van der Waals surface area contributed by atoms with Crippen molar-refractivity contribution in [3.63, 3.8) is 0 Å². The Morgan fingerprint density at radius 2 is 1.71 bits per heavy atom. The molecule has 2 rings (SSSR count). The standard InChI is InChI=1S/C14H14BrNO4S/c1-19-13-7-6-11(9-14(13)20-2)16-21(17,18)12-5-3-4-10(15)8-12/h3-9,16H,1-2H3. The highest BCUT2D eigenvalue weighted by Crippen LogP contribution is 2.30. The third kappa shape index (κ3) is 3.68. The van der Waals surface area contributed by atoms with Crippen LogP contribution < -0.4 is 14.2 Å². The number of sulfonamides is 1. The van der Waals surface area contributed by atoms with Gasteiger partial charge in [-0.25, -0.2) is 8.42 Å². The van der Waals surface area contributed by atoms with Crippen LogP contribution in [0.3, 0.4) is 0 Å². The van der Waals surface area contributed by atoms with E-state index in [-0.39, 0.29) is 4.90 Å². The summed E-state index contributed by atoms with van der Waals surface area (Å²) >= 11 is 3.25. The van der Waals surface area contributed by atoms with Crippen LogP contribution in [0.2, 0.25) is 0 Å². The summed E-state index contributed by atoms with van der Waals surface area (Å²) in [6.45, 7) is 0. The number of benzene rings is 2. The molecular weight excluding hydrogens is 358 g/mol. The molecule has 0 atom stereocenters. The highest BCUT2D eigenvalue weighted by atomic mass is 79.9. The van der Waals surface area contributed by atoms with E-state index in [1.807, 2.05) is 0 Å². The van der Waals surface area contributed by atoms with Crippen molar-refractivity contribution in [2.24, 2.45) is 0 Å². The van der Waals surface area contributed by atoms with Gasteiger partial charge < -0.3 is 9.47 Å². The molecule has 2 aromatic carbocycles. The molecule has 0 aromatic heterocycles. The lowest BCUT2D eigenvalue weighted by Crippen LogP contribution is -2.13. The summed E-state index contributed by atoms with van der Waals surface area (Å²) in [6.07, 6.45) is 0. The predicted molar refractivity (Wildman–Crippen MR) is 84.5 cm³/mol. The van der Waals surface area contributed by atoms with E-state index in [2.05, 4.69) is 20.7 Å². The minimum atomic E-state index is -3.66. The van der Waals surface area contributed by atoms with Gasteiger partial charge >= 0.3 is 0 Å². The van der Waals surface area contributed by atoms with Crippen LogP contribution in [0, 0.1) is 0 Å². The van der Waals surface area contributed by atoms with E-state index in [0.717, 1.165) is 0 Å². The van der Waals surface area contributed by atoms with E-state index >= 15 is 0 Å². The molecular formula is C14H14BrNO4S. The lowest BCUT2D eigenvalue weighted by molar-refractivity contribution is 0.355. The third-order valence-electron chi connectivity index (χ3n) is 2.74. The molecule has 0 unspecified atom stereocenters. The second-order valence-electron chi connectivity index (χ2n) is 4.13. The summed E-state index contributed by atoms with van der Waals surface area (Å²) in [5.41, 5.74) is 0.396. The molecule has 0 heterocycles. The molecule has 0 radical (unpaired) electrons. The van der Waals surface area contributed by atoms with Crippen molar-refractivity contribution in [3.8, 4) is 11.5 Å². The number of halogens is 1. The van der Waals surface area contributed by atoms with Gasteiger partial charge in [0.1, 0.15) is 0 Å². The smallest absolute Gasteiger partial charge is 0.261 e. The molecule has 0 amide bonds. The topological polar surface area (TPSA) is 64.6 Å². The fraction of sp³-hybridized carbons (Fsp3) is 0.143. The molecule has 0 aliphatic heterocycles. The molecule has 0 spiro atoms. The van der Waals surface area contributed by atoms with Crippen molar-refractivity contribution in [1.82, 2.24) is 0 Å². The van der Waals surface area contributed by atoms with Crippen LogP contribution >= 0.6 is 15.9 Å². The molecule has 0 aliphatic carbocycles. The summed E-state index contributed by atoms with van der Waals surface area (Å²) in [7, 11) is -0.649. The van der Waals surface area contributed by atoms with Gasteiger partial charge in [-0.15, -0.1) is 0 Å². The number of hydrogen-bond donors (Lipinski definition) is 1. The second-order valence-corrected chi connectivity index (χ2v) is 6.73. The molecule has 7 heteroatoms. The van der Waals surface area contributed by atoms with Gasteiger partial charge in [-0.2, -0.15) is 0 Å². The van der Waals surface area contributed by atoms with Gasteiger partial charge in [-0.05, 0) is 30.3 Å². The molecule has 112 valence electrons. The largest absolute Gasteiger partial charge is 0.493 e. The first-order chi connectivity index (χ1) is 9.96. The highest BCUT2D eigenvalue weighted by molar-refractivity contribution is 9.10. The summed E-state index contributed by atoms with van der Waals surface area (Å²) in [5.74, 6) is 0.981. The number of methoxy groups -OCH3 is 2. The number of rotatable bonds is 5. The Kier molecular flexibility index (Phi) is 4.74. The molecule has 0 fully saturated rings.